The van der Waals surface area contributed by atoms with Gasteiger partial charge in [-0.1, -0.05) is 6.07 Å². The van der Waals surface area contributed by atoms with Crippen molar-refractivity contribution in [1.29, 1.82) is 0 Å². The van der Waals surface area contributed by atoms with E-state index in [1.165, 1.54) is 36.5 Å². The summed E-state index contributed by atoms with van der Waals surface area (Å²) in [7, 11) is 0. The van der Waals surface area contributed by atoms with Crippen molar-refractivity contribution < 1.29 is 27.5 Å². The molecule has 142 valence electrons. The number of alkyl halides is 3. The Morgan fingerprint density at radius 3 is 2.64 bits per heavy atom. The fourth-order valence-electron chi connectivity index (χ4n) is 3.23. The monoisotopic (exact) mass is 389 g/mol. The van der Waals surface area contributed by atoms with Crippen molar-refractivity contribution in [3.8, 4) is 11.3 Å². The topological polar surface area (TPSA) is 68.0 Å². The van der Waals surface area contributed by atoms with Gasteiger partial charge in [0.2, 0.25) is 0 Å². The van der Waals surface area contributed by atoms with Gasteiger partial charge in [-0.25, -0.2) is 4.39 Å². The van der Waals surface area contributed by atoms with Crippen LogP contribution in [0.5, 0.6) is 0 Å². The molecular formula is C19H11F4N3O2. The summed E-state index contributed by atoms with van der Waals surface area (Å²) >= 11 is 0. The third-order valence-corrected chi connectivity index (χ3v) is 4.33. The normalized spacial score (nSPS) is 12.0. The van der Waals surface area contributed by atoms with Gasteiger partial charge >= 0.3 is 12.1 Å². The number of hydrogen-bond donors (Lipinski definition) is 1. The highest BCUT2D eigenvalue weighted by molar-refractivity contribution is 6.04. The summed E-state index contributed by atoms with van der Waals surface area (Å²) in [4.78, 5) is 15.3. The molecule has 4 rings (SSSR count). The van der Waals surface area contributed by atoms with Gasteiger partial charge in [0.25, 0.3) is 0 Å². The van der Waals surface area contributed by atoms with Gasteiger partial charge in [0.15, 0.2) is 0 Å². The van der Waals surface area contributed by atoms with Crippen LogP contribution in [0.25, 0.3) is 33.1 Å². The Morgan fingerprint density at radius 2 is 1.93 bits per heavy atom. The molecule has 0 saturated carbocycles. The summed E-state index contributed by atoms with van der Waals surface area (Å²) in [5, 5.41) is 13.3. The molecule has 28 heavy (non-hydrogen) atoms. The zero-order valence-electron chi connectivity index (χ0n) is 14.0. The molecule has 9 heteroatoms. The lowest BCUT2D eigenvalue weighted by Gasteiger charge is -2.10. The van der Waals surface area contributed by atoms with Gasteiger partial charge in [0.1, 0.15) is 18.1 Å². The first kappa shape index (κ1) is 17.9. The van der Waals surface area contributed by atoms with E-state index in [-0.39, 0.29) is 27.5 Å². The standard InChI is InChI=1S/C19H11F4N3O2/c20-10-4-5-14-12(8-10)11(6-7-24-14)18-17-13(19(21,22)23)2-1-3-15(17)26(25-18)9-16(27)28/h1-8H,9H2,(H,27,28). The molecule has 0 radical (unpaired) electrons. The summed E-state index contributed by atoms with van der Waals surface area (Å²) in [6, 6.07) is 8.67. The minimum Gasteiger partial charge on any atom is -0.480 e. The molecule has 0 unspecified atom stereocenters. The molecule has 0 fully saturated rings. The maximum absolute atomic E-state index is 13.8. The molecule has 4 aromatic rings. The average Bonchev–Trinajstić information content (AvgIpc) is 2.98. The quantitative estimate of drug-likeness (QED) is 0.524. The highest BCUT2D eigenvalue weighted by Gasteiger charge is 2.35. The van der Waals surface area contributed by atoms with E-state index in [1.807, 2.05) is 0 Å². The molecule has 0 aliphatic carbocycles. The van der Waals surface area contributed by atoms with Gasteiger partial charge in [0.05, 0.1) is 16.6 Å². The predicted octanol–water partition coefficient (Wildman–Crippen LogP) is 4.49. The summed E-state index contributed by atoms with van der Waals surface area (Å²) in [6.45, 7) is -0.616. The molecule has 0 atom stereocenters. The number of aliphatic carboxylic acids is 1. The minimum atomic E-state index is -4.68. The number of halogens is 4. The maximum atomic E-state index is 13.8. The van der Waals surface area contributed by atoms with Gasteiger partial charge in [-0.05, 0) is 36.4 Å². The molecule has 0 saturated heterocycles. The van der Waals surface area contributed by atoms with Crippen LogP contribution in [-0.2, 0) is 17.5 Å². The van der Waals surface area contributed by atoms with E-state index < -0.39 is 30.1 Å². The molecule has 0 aliphatic rings. The van der Waals surface area contributed by atoms with Crippen LogP contribution in [0.3, 0.4) is 0 Å². The van der Waals surface area contributed by atoms with E-state index >= 15 is 0 Å². The molecule has 2 aromatic heterocycles. The van der Waals surface area contributed by atoms with E-state index in [9.17, 15) is 22.4 Å². The number of carboxylic acid groups (broad SMARTS) is 1. The second-order valence-corrected chi connectivity index (χ2v) is 6.12. The summed E-state index contributed by atoms with van der Waals surface area (Å²) < 4.78 is 55.7. The summed E-state index contributed by atoms with van der Waals surface area (Å²) in [5.74, 6) is -1.83. The van der Waals surface area contributed by atoms with Crippen molar-refractivity contribution in [2.75, 3.05) is 0 Å². The third-order valence-electron chi connectivity index (χ3n) is 4.33. The van der Waals surface area contributed by atoms with Crippen LogP contribution in [0.2, 0.25) is 0 Å². The molecular weight excluding hydrogens is 378 g/mol. The van der Waals surface area contributed by atoms with Crippen LogP contribution in [0.15, 0.2) is 48.7 Å². The summed E-state index contributed by atoms with van der Waals surface area (Å²) in [5.41, 5.74) is -0.395. The number of rotatable bonds is 3. The zero-order valence-corrected chi connectivity index (χ0v) is 14.0. The van der Waals surface area contributed by atoms with Gasteiger partial charge in [-0.2, -0.15) is 18.3 Å². The van der Waals surface area contributed by atoms with Crippen molar-refractivity contribution >= 4 is 27.8 Å². The highest BCUT2D eigenvalue weighted by atomic mass is 19.4. The highest BCUT2D eigenvalue weighted by Crippen LogP contribution is 2.40. The molecule has 0 spiro atoms. The second-order valence-electron chi connectivity index (χ2n) is 6.12. The number of pyridine rings is 1. The number of hydrogen-bond acceptors (Lipinski definition) is 3. The molecule has 0 amide bonds. The van der Waals surface area contributed by atoms with Gasteiger partial charge in [0, 0.05) is 22.5 Å². The van der Waals surface area contributed by atoms with Gasteiger partial charge in [-0.3, -0.25) is 14.5 Å². The van der Waals surface area contributed by atoms with Crippen molar-refractivity contribution in [1.82, 2.24) is 14.8 Å². The van der Waals surface area contributed by atoms with Crippen LogP contribution < -0.4 is 0 Å². The van der Waals surface area contributed by atoms with Crippen LogP contribution in [-0.4, -0.2) is 25.8 Å². The first-order chi connectivity index (χ1) is 13.3. The minimum absolute atomic E-state index is 0.0218. The number of nitrogens with zero attached hydrogens (tertiary/aromatic N) is 3. The first-order valence-corrected chi connectivity index (χ1v) is 8.09. The molecule has 2 aromatic carbocycles. The van der Waals surface area contributed by atoms with Crippen LogP contribution >= 0.6 is 0 Å². The van der Waals surface area contributed by atoms with E-state index in [2.05, 4.69) is 10.1 Å². The van der Waals surface area contributed by atoms with E-state index in [0.29, 0.717) is 5.52 Å². The second kappa shape index (κ2) is 6.29. The lowest BCUT2D eigenvalue weighted by Crippen LogP contribution is -2.10. The van der Waals surface area contributed by atoms with Gasteiger partial charge in [-0.15, -0.1) is 0 Å². The number of carbonyl (C=O) groups is 1. The number of carboxylic acids is 1. The molecule has 0 bridgehead atoms. The third kappa shape index (κ3) is 2.94. The molecule has 2 heterocycles. The largest absolute Gasteiger partial charge is 0.480 e. The number of benzene rings is 2. The van der Waals surface area contributed by atoms with Crippen molar-refractivity contribution in [2.45, 2.75) is 12.7 Å². The Labute approximate surface area is 154 Å². The number of fused-ring (bicyclic) bond motifs is 2. The molecule has 0 aliphatic heterocycles. The smallest absolute Gasteiger partial charge is 0.417 e. The van der Waals surface area contributed by atoms with Crippen molar-refractivity contribution in [3.05, 3.63) is 60.0 Å². The maximum Gasteiger partial charge on any atom is 0.417 e. The summed E-state index contributed by atoms with van der Waals surface area (Å²) in [6.07, 6.45) is -3.30. The average molecular weight is 389 g/mol. The molecule has 5 nitrogen and oxygen atoms in total. The Hall–Kier alpha value is -3.49. The lowest BCUT2D eigenvalue weighted by atomic mass is 10.00. The number of aromatic nitrogens is 3. The van der Waals surface area contributed by atoms with E-state index in [4.69, 9.17) is 5.11 Å². The first-order valence-electron chi connectivity index (χ1n) is 8.09. The Morgan fingerprint density at radius 1 is 1.14 bits per heavy atom. The van der Waals surface area contributed by atoms with E-state index in [0.717, 1.165) is 16.8 Å². The van der Waals surface area contributed by atoms with Crippen molar-refractivity contribution in [3.63, 3.8) is 0 Å². The fraction of sp³-hybridized carbons (Fsp3) is 0.105. The van der Waals surface area contributed by atoms with Crippen molar-refractivity contribution in [2.24, 2.45) is 0 Å². The van der Waals surface area contributed by atoms with Crippen LogP contribution in [0.1, 0.15) is 5.56 Å². The fourth-order valence-corrected chi connectivity index (χ4v) is 3.23. The Balaban J connectivity index is 2.13. The Kier molecular flexibility index (Phi) is 4.02. The predicted molar refractivity (Wildman–Crippen MR) is 93.1 cm³/mol. The van der Waals surface area contributed by atoms with E-state index in [1.54, 1.807) is 0 Å². The lowest BCUT2D eigenvalue weighted by molar-refractivity contribution is -0.138. The SMILES string of the molecule is O=C(O)Cn1nc(-c2ccnc3ccc(F)cc23)c2c(C(F)(F)F)cccc21. The zero-order chi connectivity index (χ0) is 20.1. The van der Waals surface area contributed by atoms with Gasteiger partial charge < -0.3 is 5.11 Å². The van der Waals surface area contributed by atoms with Crippen LogP contribution in [0, 0.1) is 5.82 Å². The molecule has 1 N–H and O–H groups in total. The Bertz CT molecular complexity index is 1230. The van der Waals surface area contributed by atoms with Crippen LogP contribution in [0.4, 0.5) is 17.6 Å².